The maximum absolute atomic E-state index is 14.0. The molecule has 0 aromatic heterocycles. The van der Waals surface area contributed by atoms with Gasteiger partial charge in [0, 0.05) is 29.7 Å². The minimum Gasteiger partial charge on any atom is -0.367 e. The van der Waals surface area contributed by atoms with Gasteiger partial charge in [-0.25, -0.2) is 4.39 Å². The number of carbonyl (C=O) groups is 1. The second kappa shape index (κ2) is 5.74. The summed E-state index contributed by atoms with van der Waals surface area (Å²) in [7, 11) is 0. The van der Waals surface area contributed by atoms with Crippen molar-refractivity contribution in [2.75, 3.05) is 23.7 Å². The molecule has 2 rings (SSSR count). The summed E-state index contributed by atoms with van der Waals surface area (Å²) in [6.07, 6.45) is 1.11. The van der Waals surface area contributed by atoms with E-state index in [1.54, 1.807) is 12.1 Å². The fourth-order valence-corrected chi connectivity index (χ4v) is 3.35. The lowest BCUT2D eigenvalue weighted by Gasteiger charge is -2.33. The molecular weight excluding hydrogens is 249 g/mol. The van der Waals surface area contributed by atoms with Crippen molar-refractivity contribution in [3.8, 4) is 0 Å². The number of Topliss-reactive ketones (excluding diaryl/α,β-unsaturated/α-hetero) is 1. The van der Waals surface area contributed by atoms with Crippen LogP contribution < -0.4 is 4.90 Å². The van der Waals surface area contributed by atoms with Crippen molar-refractivity contribution in [3.05, 3.63) is 29.6 Å². The van der Waals surface area contributed by atoms with Crippen molar-refractivity contribution in [2.45, 2.75) is 25.5 Å². The van der Waals surface area contributed by atoms with Gasteiger partial charge in [0.25, 0.3) is 0 Å². The van der Waals surface area contributed by atoms with Crippen LogP contribution in [0.1, 0.15) is 30.6 Å². The number of anilines is 1. The van der Waals surface area contributed by atoms with Gasteiger partial charge in [-0.1, -0.05) is 6.92 Å². The van der Waals surface area contributed by atoms with Crippen molar-refractivity contribution in [3.63, 3.8) is 0 Å². The van der Waals surface area contributed by atoms with E-state index >= 15 is 0 Å². The average Bonchev–Trinajstić information content (AvgIpc) is 2.38. The van der Waals surface area contributed by atoms with Crippen molar-refractivity contribution >= 4 is 23.2 Å². The van der Waals surface area contributed by atoms with Gasteiger partial charge in [0.2, 0.25) is 0 Å². The molecule has 1 atom stereocenters. The number of rotatable bonds is 3. The summed E-state index contributed by atoms with van der Waals surface area (Å²) in [5.74, 6) is 0.650. The fraction of sp³-hybridized carbons (Fsp3) is 0.500. The quantitative estimate of drug-likeness (QED) is 0.783. The van der Waals surface area contributed by atoms with Crippen molar-refractivity contribution in [1.82, 2.24) is 0 Å². The Morgan fingerprint density at radius 2 is 2.33 bits per heavy atom. The van der Waals surface area contributed by atoms with E-state index in [2.05, 4.69) is 11.8 Å². The summed E-state index contributed by atoms with van der Waals surface area (Å²) in [5, 5.41) is 0.575. The Kier molecular flexibility index (Phi) is 4.27. The molecule has 0 bridgehead atoms. The zero-order chi connectivity index (χ0) is 13.1. The normalized spacial score (nSPS) is 19.9. The van der Waals surface area contributed by atoms with Gasteiger partial charge in [-0.2, -0.15) is 11.8 Å². The van der Waals surface area contributed by atoms with Gasteiger partial charge in [-0.05, 0) is 31.5 Å². The topological polar surface area (TPSA) is 20.3 Å². The van der Waals surface area contributed by atoms with Crippen LogP contribution in [0.5, 0.6) is 0 Å². The van der Waals surface area contributed by atoms with E-state index in [9.17, 15) is 9.18 Å². The lowest BCUT2D eigenvalue weighted by atomic mass is 10.1. The summed E-state index contributed by atoms with van der Waals surface area (Å²) in [5.41, 5.74) is 1.06. The van der Waals surface area contributed by atoms with E-state index in [4.69, 9.17) is 0 Å². The number of halogens is 1. The third-order valence-corrected chi connectivity index (χ3v) is 4.66. The predicted octanol–water partition coefficient (Wildman–Crippen LogP) is 3.36. The number of hydrogen-bond acceptors (Lipinski definition) is 3. The molecule has 1 unspecified atom stereocenters. The first kappa shape index (κ1) is 13.4. The Morgan fingerprint density at radius 3 is 2.94 bits per heavy atom. The van der Waals surface area contributed by atoms with Crippen LogP contribution in [0.4, 0.5) is 10.1 Å². The van der Waals surface area contributed by atoms with E-state index in [0.717, 1.165) is 25.3 Å². The van der Waals surface area contributed by atoms with Gasteiger partial charge in [-0.3, -0.25) is 4.79 Å². The van der Waals surface area contributed by atoms with Crippen molar-refractivity contribution in [2.24, 2.45) is 0 Å². The molecule has 0 N–H and O–H groups in total. The van der Waals surface area contributed by atoms with E-state index in [0.29, 0.717) is 16.5 Å². The van der Waals surface area contributed by atoms with Crippen LogP contribution in [0.25, 0.3) is 0 Å². The zero-order valence-corrected chi connectivity index (χ0v) is 11.6. The van der Waals surface area contributed by atoms with Crippen molar-refractivity contribution in [1.29, 1.82) is 0 Å². The highest BCUT2D eigenvalue weighted by atomic mass is 32.2. The van der Waals surface area contributed by atoms with Gasteiger partial charge in [-0.15, -0.1) is 0 Å². The molecule has 4 heteroatoms. The Morgan fingerprint density at radius 1 is 1.56 bits per heavy atom. The minimum absolute atomic E-state index is 0.0962. The molecule has 1 aliphatic rings. The highest BCUT2D eigenvalue weighted by Gasteiger charge is 2.21. The minimum atomic E-state index is -0.288. The van der Waals surface area contributed by atoms with Crippen LogP contribution in [-0.4, -0.2) is 29.9 Å². The molecule has 1 heterocycles. The van der Waals surface area contributed by atoms with Gasteiger partial charge in [0.1, 0.15) is 5.82 Å². The summed E-state index contributed by atoms with van der Waals surface area (Å²) in [6.45, 7) is 5.38. The first-order chi connectivity index (χ1) is 8.61. The Labute approximate surface area is 112 Å². The number of ketones is 1. The Hall–Kier alpha value is -1.03. The molecule has 18 heavy (non-hydrogen) atoms. The number of carbonyl (C=O) groups excluding carboxylic acids is 1. The highest BCUT2D eigenvalue weighted by Crippen LogP contribution is 2.28. The second-order valence-electron chi connectivity index (χ2n) is 4.57. The number of hydrogen-bond donors (Lipinski definition) is 0. The molecule has 0 amide bonds. The molecule has 2 nitrogen and oxygen atoms in total. The van der Waals surface area contributed by atoms with E-state index < -0.39 is 0 Å². The molecule has 0 radical (unpaired) electrons. The number of thioether (sulfide) groups is 1. The second-order valence-corrected chi connectivity index (χ2v) is 5.98. The summed E-state index contributed by atoms with van der Waals surface area (Å²) in [4.78, 5) is 13.3. The SMILES string of the molecule is CCC1CN(c2ccc(C(C)=O)cc2F)CCS1. The van der Waals surface area contributed by atoms with Crippen LogP contribution in [-0.2, 0) is 0 Å². The maximum Gasteiger partial charge on any atom is 0.159 e. The Bertz CT molecular complexity index is 449. The molecule has 1 aromatic rings. The smallest absolute Gasteiger partial charge is 0.159 e. The third-order valence-electron chi connectivity index (χ3n) is 3.29. The lowest BCUT2D eigenvalue weighted by Crippen LogP contribution is -2.38. The standard InChI is InChI=1S/C14H18FNOS/c1-3-12-9-16(6-7-18-12)14-5-4-11(10(2)17)8-13(14)15/h4-5,8,12H,3,6-7,9H2,1-2H3. The molecule has 0 spiro atoms. The van der Waals surface area contributed by atoms with Crippen LogP contribution in [0.15, 0.2) is 18.2 Å². The largest absolute Gasteiger partial charge is 0.367 e. The molecule has 0 saturated carbocycles. The summed E-state index contributed by atoms with van der Waals surface area (Å²) in [6, 6.07) is 4.79. The van der Waals surface area contributed by atoms with Gasteiger partial charge in [0.05, 0.1) is 5.69 Å². The monoisotopic (exact) mass is 267 g/mol. The molecule has 98 valence electrons. The van der Waals surface area contributed by atoms with Gasteiger partial charge in [0.15, 0.2) is 5.78 Å². The van der Waals surface area contributed by atoms with Crippen LogP contribution in [0.2, 0.25) is 0 Å². The zero-order valence-electron chi connectivity index (χ0n) is 10.8. The van der Waals surface area contributed by atoms with E-state index in [1.807, 2.05) is 11.8 Å². The third kappa shape index (κ3) is 2.86. The van der Waals surface area contributed by atoms with E-state index in [-0.39, 0.29) is 11.6 Å². The van der Waals surface area contributed by atoms with Crippen molar-refractivity contribution < 1.29 is 9.18 Å². The average molecular weight is 267 g/mol. The molecule has 1 saturated heterocycles. The molecule has 1 aromatic carbocycles. The number of benzene rings is 1. The van der Waals surface area contributed by atoms with E-state index in [1.165, 1.54) is 13.0 Å². The first-order valence-corrected chi connectivity index (χ1v) is 7.33. The molecule has 1 aliphatic heterocycles. The van der Waals surface area contributed by atoms with Crippen LogP contribution in [0.3, 0.4) is 0 Å². The van der Waals surface area contributed by atoms with Crippen LogP contribution >= 0.6 is 11.8 Å². The summed E-state index contributed by atoms with van der Waals surface area (Å²) >= 11 is 1.96. The van der Waals surface area contributed by atoms with Gasteiger partial charge >= 0.3 is 0 Å². The molecular formula is C14H18FNOS. The van der Waals surface area contributed by atoms with Crippen LogP contribution in [0, 0.1) is 5.82 Å². The fourth-order valence-electron chi connectivity index (χ4n) is 2.17. The highest BCUT2D eigenvalue weighted by molar-refractivity contribution is 8.00. The van der Waals surface area contributed by atoms with Gasteiger partial charge < -0.3 is 4.90 Å². The Balaban J connectivity index is 2.20. The summed E-state index contributed by atoms with van der Waals surface area (Å²) < 4.78 is 14.0. The molecule has 1 fully saturated rings. The maximum atomic E-state index is 14.0. The first-order valence-electron chi connectivity index (χ1n) is 6.29. The number of nitrogens with zero attached hydrogens (tertiary/aromatic N) is 1. The lowest BCUT2D eigenvalue weighted by molar-refractivity contribution is 0.101. The predicted molar refractivity (Wildman–Crippen MR) is 75.2 cm³/mol. The molecule has 0 aliphatic carbocycles.